The summed E-state index contributed by atoms with van der Waals surface area (Å²) in [5.41, 5.74) is 0. The molecule has 10 heavy (non-hydrogen) atoms. The fraction of sp³-hybridized carbons (Fsp3) is 0. The third kappa shape index (κ3) is 11.8. The molecule has 2 N–H and O–H groups in total. The van der Waals surface area contributed by atoms with E-state index in [1.54, 1.807) is 0 Å². The number of phosphoric acid groups is 2. The van der Waals surface area contributed by atoms with Gasteiger partial charge in [0.15, 0.2) is 0 Å². The zero-order valence-corrected chi connectivity index (χ0v) is 8.97. The van der Waals surface area contributed by atoms with Crippen molar-refractivity contribution in [1.82, 2.24) is 0 Å². The average molecular weight is 295 g/mol. The smallest absolute Gasteiger partial charge is 0.789 e. The Morgan fingerprint density at radius 2 is 1.50 bits per heavy atom. The van der Waals surface area contributed by atoms with Gasteiger partial charge in [-0.25, -0.2) is 4.57 Å². The third-order valence-corrected chi connectivity index (χ3v) is 1.86. The quantitative estimate of drug-likeness (QED) is 0.427. The van der Waals surface area contributed by atoms with Crippen LogP contribution < -0.4 is 9.79 Å². The zero-order valence-electron chi connectivity index (χ0n) is 4.33. The van der Waals surface area contributed by atoms with Crippen molar-refractivity contribution in [3.63, 3.8) is 0 Å². The summed E-state index contributed by atoms with van der Waals surface area (Å²) < 4.78 is 21.7. The fourth-order valence-corrected chi connectivity index (χ4v) is 1.17. The van der Waals surface area contributed by atoms with Crippen molar-refractivity contribution in [2.24, 2.45) is 0 Å². The van der Waals surface area contributed by atoms with E-state index in [0.717, 1.165) is 0 Å². The first-order valence-corrected chi connectivity index (χ1v) is 4.49. The van der Waals surface area contributed by atoms with E-state index >= 15 is 0 Å². The van der Waals surface area contributed by atoms with Crippen LogP contribution in [0.4, 0.5) is 0 Å². The van der Waals surface area contributed by atoms with Gasteiger partial charge in [-0.2, -0.15) is 0 Å². The monoisotopic (exact) mass is 296 g/mol. The molecule has 0 fully saturated rings. The van der Waals surface area contributed by atoms with Gasteiger partial charge >= 0.3 is 31.7 Å². The molecule has 2 radical (unpaired) electrons. The molecule has 0 aliphatic heterocycles. The number of hydrogen-bond donors (Lipinski definition) is 2. The molecule has 0 heterocycles. The molecule has 58 valence electrons. The molecule has 7 nitrogen and oxygen atoms in total. The zero-order chi connectivity index (χ0) is 7.71. The van der Waals surface area contributed by atoms with Crippen LogP contribution in [-0.2, 0) is 13.4 Å². The first-order chi connectivity index (χ1) is 3.71. The molecule has 10 heteroatoms. The molecule has 0 saturated heterocycles. The minimum Gasteiger partial charge on any atom is -0.789 e. The maximum absolute atomic E-state index is 9.55. The first-order valence-electron chi connectivity index (χ1n) is 1.50. The minimum atomic E-state index is -5.55. The Bertz CT molecular complexity index is 152. The molecule has 0 rings (SSSR count). The molecule has 0 aromatic rings. The summed E-state index contributed by atoms with van der Waals surface area (Å²) in [5, 5.41) is 0. The largest absolute Gasteiger partial charge is 2.00 e. The molecule has 0 amide bonds. The minimum absolute atomic E-state index is 0. The van der Waals surface area contributed by atoms with E-state index in [-0.39, 0.29) is 23.9 Å². The van der Waals surface area contributed by atoms with Crippen LogP contribution in [0.3, 0.4) is 0 Å². The molecule has 0 aromatic heterocycles. The van der Waals surface area contributed by atoms with Crippen molar-refractivity contribution in [3.8, 4) is 0 Å². The van der Waals surface area contributed by atoms with Gasteiger partial charge in [0.25, 0.3) is 0 Å². The SMILES string of the molecule is O=P([O-])([O-])OP(=O)(O)O.[Sn+2]. The molecular weight excluding hydrogens is 293 g/mol. The van der Waals surface area contributed by atoms with E-state index in [4.69, 9.17) is 9.79 Å². The summed E-state index contributed by atoms with van der Waals surface area (Å²) in [5.74, 6) is 0. The van der Waals surface area contributed by atoms with E-state index in [1.165, 1.54) is 0 Å². The topological polar surface area (TPSA) is 130 Å². The van der Waals surface area contributed by atoms with Crippen LogP contribution in [0, 0.1) is 0 Å². The summed E-state index contributed by atoms with van der Waals surface area (Å²) in [6.07, 6.45) is 0. The van der Waals surface area contributed by atoms with Gasteiger partial charge in [-0.15, -0.1) is 0 Å². The van der Waals surface area contributed by atoms with Gasteiger partial charge in [0.2, 0.25) is 0 Å². The maximum atomic E-state index is 9.55. The van der Waals surface area contributed by atoms with Gasteiger partial charge in [-0.3, -0.25) is 4.31 Å². The summed E-state index contributed by atoms with van der Waals surface area (Å²) in [7, 11) is -10.7. The van der Waals surface area contributed by atoms with Crippen LogP contribution >= 0.6 is 15.6 Å². The Morgan fingerprint density at radius 1 is 1.20 bits per heavy atom. The second-order valence-electron chi connectivity index (χ2n) is 1.02. The Balaban J connectivity index is 0. The molecule has 0 aliphatic rings. The predicted molar refractivity (Wildman–Crippen MR) is 26.5 cm³/mol. The van der Waals surface area contributed by atoms with E-state index in [9.17, 15) is 18.9 Å². The van der Waals surface area contributed by atoms with Crippen LogP contribution in [0.2, 0.25) is 0 Å². The normalized spacial score (nSPS) is 12.4. The maximum Gasteiger partial charge on any atom is 2.00 e. The van der Waals surface area contributed by atoms with Crippen LogP contribution in [0.1, 0.15) is 0 Å². The Hall–Kier alpha value is 1.06. The van der Waals surface area contributed by atoms with Crippen molar-refractivity contribution in [3.05, 3.63) is 0 Å². The standard InChI is InChI=1S/H4O7P2.Sn/c1-8(2,3)7-9(4,5)6;/h(H2,1,2,3)(H2,4,5,6);/q;+2/p-2. The summed E-state index contributed by atoms with van der Waals surface area (Å²) >= 11 is 0. The van der Waals surface area contributed by atoms with Crippen molar-refractivity contribution >= 4 is 39.6 Å². The molecular formula is H2O7P2Sn. The molecule has 0 atom stereocenters. The van der Waals surface area contributed by atoms with Gasteiger partial charge < -0.3 is 24.1 Å². The van der Waals surface area contributed by atoms with Crippen LogP contribution in [0.5, 0.6) is 0 Å². The van der Waals surface area contributed by atoms with E-state index in [2.05, 4.69) is 4.31 Å². The van der Waals surface area contributed by atoms with Crippen molar-refractivity contribution < 1.29 is 33.0 Å². The predicted octanol–water partition coefficient (Wildman–Crippen LogP) is -2.46. The summed E-state index contributed by atoms with van der Waals surface area (Å²) in [6, 6.07) is 0. The van der Waals surface area contributed by atoms with Gasteiger partial charge in [-0.1, -0.05) is 0 Å². The van der Waals surface area contributed by atoms with E-state index in [1.807, 2.05) is 0 Å². The number of rotatable bonds is 2. The molecule has 0 bridgehead atoms. The van der Waals surface area contributed by atoms with Gasteiger partial charge in [-0.05, 0) is 0 Å². The first kappa shape index (κ1) is 13.6. The van der Waals surface area contributed by atoms with E-state index < -0.39 is 15.6 Å². The number of hydrogen-bond acceptors (Lipinski definition) is 5. The van der Waals surface area contributed by atoms with Crippen LogP contribution in [-0.4, -0.2) is 33.7 Å². The Kier molecular flexibility index (Phi) is 5.69. The second-order valence-corrected chi connectivity index (χ2v) is 3.55. The Labute approximate surface area is 72.8 Å². The molecule has 0 aliphatic carbocycles. The van der Waals surface area contributed by atoms with Crippen molar-refractivity contribution in [2.75, 3.05) is 0 Å². The molecule has 0 aromatic carbocycles. The van der Waals surface area contributed by atoms with Crippen molar-refractivity contribution in [1.29, 1.82) is 0 Å². The van der Waals surface area contributed by atoms with Gasteiger partial charge in [0.1, 0.15) is 0 Å². The fourth-order valence-electron chi connectivity index (χ4n) is 0.130. The van der Waals surface area contributed by atoms with Gasteiger partial charge in [0, 0.05) is 0 Å². The van der Waals surface area contributed by atoms with Gasteiger partial charge in [0.05, 0.1) is 7.82 Å². The summed E-state index contributed by atoms with van der Waals surface area (Å²) in [6.45, 7) is 0. The van der Waals surface area contributed by atoms with Crippen LogP contribution in [0.25, 0.3) is 0 Å². The second kappa shape index (κ2) is 4.18. The molecule has 0 spiro atoms. The van der Waals surface area contributed by atoms with Crippen molar-refractivity contribution in [2.45, 2.75) is 0 Å². The molecule has 0 saturated carbocycles. The Morgan fingerprint density at radius 3 is 1.50 bits per heavy atom. The average Bonchev–Trinajstić information content (AvgIpc) is 1.14. The van der Waals surface area contributed by atoms with E-state index in [0.29, 0.717) is 0 Å². The van der Waals surface area contributed by atoms with Crippen LogP contribution in [0.15, 0.2) is 0 Å². The third-order valence-electron chi connectivity index (χ3n) is 0.206. The summed E-state index contributed by atoms with van der Waals surface area (Å²) in [4.78, 5) is 34.1. The molecule has 0 unspecified atom stereocenters.